The molecule has 0 atom stereocenters. The van der Waals surface area contributed by atoms with Gasteiger partial charge in [0, 0.05) is 6.07 Å². The topological polar surface area (TPSA) is 137 Å². The molecular weight excluding hydrogens is 332 g/mol. The van der Waals surface area contributed by atoms with Gasteiger partial charge in [0.15, 0.2) is 6.61 Å². The van der Waals surface area contributed by atoms with Crippen molar-refractivity contribution in [3.05, 3.63) is 68.3 Å². The van der Waals surface area contributed by atoms with E-state index in [2.05, 4.69) is 10.9 Å². The smallest absolute Gasteiger partial charge is 0.300 e. The van der Waals surface area contributed by atoms with Gasteiger partial charge in [-0.15, -0.1) is 0 Å². The molecule has 0 aliphatic rings. The number of carbonyl (C=O) groups excluding carboxylic acids is 1. The van der Waals surface area contributed by atoms with E-state index in [4.69, 9.17) is 4.74 Å². The molecule has 0 unspecified atom stereocenters. The van der Waals surface area contributed by atoms with Gasteiger partial charge in [-0.1, -0.05) is 12.1 Å². The average Bonchev–Trinajstić information content (AvgIpc) is 2.57. The van der Waals surface area contributed by atoms with Gasteiger partial charge >= 0.3 is 5.69 Å². The number of anilines is 1. The first kappa shape index (κ1) is 17.7. The number of aryl methyl sites for hydroxylation is 1. The van der Waals surface area contributed by atoms with Crippen molar-refractivity contribution in [3.8, 4) is 5.75 Å². The summed E-state index contributed by atoms with van der Waals surface area (Å²) < 4.78 is 5.29. The van der Waals surface area contributed by atoms with E-state index in [9.17, 15) is 25.0 Å². The Labute approximate surface area is 141 Å². The molecule has 2 aromatic rings. The first-order valence-corrected chi connectivity index (χ1v) is 7.04. The van der Waals surface area contributed by atoms with Crippen molar-refractivity contribution in [2.45, 2.75) is 6.92 Å². The third kappa shape index (κ3) is 4.89. The van der Waals surface area contributed by atoms with Crippen LogP contribution in [0.25, 0.3) is 0 Å². The number of nitro benzene ring substituents is 2. The van der Waals surface area contributed by atoms with Crippen LogP contribution < -0.4 is 15.6 Å². The van der Waals surface area contributed by atoms with Gasteiger partial charge in [0.1, 0.15) is 11.4 Å². The summed E-state index contributed by atoms with van der Waals surface area (Å²) in [6.07, 6.45) is 0. The maximum absolute atomic E-state index is 11.8. The molecule has 0 aliphatic carbocycles. The summed E-state index contributed by atoms with van der Waals surface area (Å²) in [6, 6.07) is 10.1. The van der Waals surface area contributed by atoms with E-state index in [0.717, 1.165) is 23.8 Å². The van der Waals surface area contributed by atoms with Crippen LogP contribution in [0.3, 0.4) is 0 Å². The number of non-ortho nitro benzene ring substituents is 1. The van der Waals surface area contributed by atoms with Crippen molar-refractivity contribution in [2.75, 3.05) is 12.0 Å². The number of nitrogens with zero attached hydrogens (tertiary/aromatic N) is 2. The van der Waals surface area contributed by atoms with E-state index in [1.54, 1.807) is 18.2 Å². The van der Waals surface area contributed by atoms with Crippen LogP contribution in [-0.4, -0.2) is 22.4 Å². The quantitative estimate of drug-likeness (QED) is 0.580. The van der Waals surface area contributed by atoms with Crippen LogP contribution in [0.2, 0.25) is 0 Å². The molecule has 0 heterocycles. The number of carbonyl (C=O) groups is 1. The lowest BCUT2D eigenvalue weighted by molar-refractivity contribution is -0.393. The first-order chi connectivity index (χ1) is 11.9. The standard InChI is InChI=1S/C15H14N4O6/c1-10-3-2-4-12(7-10)25-9-15(20)17-16-13-6-5-11(18(21)22)8-14(13)19(23)24/h2-8,16H,9H2,1H3,(H,17,20). The van der Waals surface area contributed by atoms with Crippen LogP contribution in [0.1, 0.15) is 5.56 Å². The van der Waals surface area contributed by atoms with Crippen molar-refractivity contribution in [3.63, 3.8) is 0 Å². The molecule has 0 spiro atoms. The summed E-state index contributed by atoms with van der Waals surface area (Å²) in [6.45, 7) is 1.57. The van der Waals surface area contributed by atoms with E-state index in [0.29, 0.717) is 5.75 Å². The highest BCUT2D eigenvalue weighted by Gasteiger charge is 2.19. The maximum Gasteiger partial charge on any atom is 0.300 e. The first-order valence-electron chi connectivity index (χ1n) is 7.04. The van der Waals surface area contributed by atoms with Crippen molar-refractivity contribution in [1.82, 2.24) is 5.43 Å². The number of ether oxygens (including phenoxy) is 1. The fourth-order valence-electron chi connectivity index (χ4n) is 1.92. The Morgan fingerprint density at radius 1 is 1.12 bits per heavy atom. The van der Waals surface area contributed by atoms with Gasteiger partial charge in [-0.2, -0.15) is 0 Å². The van der Waals surface area contributed by atoms with Crippen LogP contribution in [0.15, 0.2) is 42.5 Å². The summed E-state index contributed by atoms with van der Waals surface area (Å²) in [7, 11) is 0. The Hall–Kier alpha value is -3.69. The van der Waals surface area contributed by atoms with Gasteiger partial charge in [-0.05, 0) is 30.7 Å². The highest BCUT2D eigenvalue weighted by Crippen LogP contribution is 2.28. The van der Waals surface area contributed by atoms with Gasteiger partial charge < -0.3 is 4.74 Å². The molecule has 130 valence electrons. The monoisotopic (exact) mass is 346 g/mol. The molecule has 1 amide bonds. The second-order valence-electron chi connectivity index (χ2n) is 4.99. The fraction of sp³-hybridized carbons (Fsp3) is 0.133. The number of hydrogen-bond donors (Lipinski definition) is 2. The molecule has 0 saturated carbocycles. The molecule has 0 aromatic heterocycles. The highest BCUT2D eigenvalue weighted by molar-refractivity contribution is 5.80. The SMILES string of the molecule is Cc1cccc(OCC(=O)NNc2ccc([N+](=O)[O-])cc2[N+](=O)[O-])c1. The number of nitrogens with one attached hydrogen (secondary N) is 2. The predicted molar refractivity (Wildman–Crippen MR) is 88.2 cm³/mol. The number of benzene rings is 2. The van der Waals surface area contributed by atoms with E-state index in [1.807, 2.05) is 13.0 Å². The summed E-state index contributed by atoms with van der Waals surface area (Å²) in [5.74, 6) is -0.0642. The second kappa shape index (κ2) is 7.73. The van der Waals surface area contributed by atoms with E-state index < -0.39 is 27.1 Å². The third-order valence-corrected chi connectivity index (χ3v) is 3.08. The molecule has 0 saturated heterocycles. The van der Waals surface area contributed by atoms with E-state index in [-0.39, 0.29) is 12.3 Å². The van der Waals surface area contributed by atoms with E-state index >= 15 is 0 Å². The molecule has 25 heavy (non-hydrogen) atoms. The maximum atomic E-state index is 11.8. The van der Waals surface area contributed by atoms with Crippen LogP contribution in [-0.2, 0) is 4.79 Å². The Kier molecular flexibility index (Phi) is 5.46. The van der Waals surface area contributed by atoms with Crippen molar-refractivity contribution >= 4 is 23.0 Å². The Morgan fingerprint density at radius 2 is 1.88 bits per heavy atom. The van der Waals surface area contributed by atoms with Crippen molar-refractivity contribution in [2.24, 2.45) is 0 Å². The van der Waals surface area contributed by atoms with Crippen LogP contribution >= 0.6 is 0 Å². The lowest BCUT2D eigenvalue weighted by atomic mass is 10.2. The van der Waals surface area contributed by atoms with Gasteiger partial charge in [0.2, 0.25) is 0 Å². The number of hydrazine groups is 1. The van der Waals surface area contributed by atoms with Gasteiger partial charge in [0.05, 0.1) is 15.9 Å². The number of hydrogen-bond acceptors (Lipinski definition) is 7. The lowest BCUT2D eigenvalue weighted by Crippen LogP contribution is -2.33. The summed E-state index contributed by atoms with van der Waals surface area (Å²) in [4.78, 5) is 31.9. The van der Waals surface area contributed by atoms with Gasteiger partial charge in [-0.25, -0.2) is 0 Å². The largest absolute Gasteiger partial charge is 0.484 e. The molecular formula is C15H14N4O6. The van der Waals surface area contributed by atoms with Crippen LogP contribution in [0.5, 0.6) is 5.75 Å². The molecule has 0 radical (unpaired) electrons. The lowest BCUT2D eigenvalue weighted by Gasteiger charge is -2.10. The summed E-state index contributed by atoms with van der Waals surface area (Å²) in [5, 5.41) is 21.7. The van der Waals surface area contributed by atoms with E-state index in [1.165, 1.54) is 0 Å². The summed E-state index contributed by atoms with van der Waals surface area (Å²) >= 11 is 0. The molecule has 2 N–H and O–H groups in total. The Morgan fingerprint density at radius 3 is 2.52 bits per heavy atom. The fourth-order valence-corrected chi connectivity index (χ4v) is 1.92. The van der Waals surface area contributed by atoms with Crippen LogP contribution in [0.4, 0.5) is 17.1 Å². The number of nitro groups is 2. The molecule has 10 heteroatoms. The highest BCUT2D eigenvalue weighted by atomic mass is 16.6. The second-order valence-corrected chi connectivity index (χ2v) is 4.99. The molecule has 2 rings (SSSR count). The number of rotatable bonds is 7. The summed E-state index contributed by atoms with van der Waals surface area (Å²) in [5.41, 5.74) is 4.53. The van der Waals surface area contributed by atoms with Crippen molar-refractivity contribution in [1.29, 1.82) is 0 Å². The number of amides is 1. The zero-order chi connectivity index (χ0) is 18.4. The van der Waals surface area contributed by atoms with Gasteiger partial charge in [-0.3, -0.25) is 35.9 Å². The molecule has 0 aliphatic heterocycles. The minimum Gasteiger partial charge on any atom is -0.484 e. The Balaban J connectivity index is 1.97. The molecule has 10 nitrogen and oxygen atoms in total. The van der Waals surface area contributed by atoms with Gasteiger partial charge in [0.25, 0.3) is 11.6 Å². The Bertz CT molecular complexity index is 823. The molecule has 0 bridgehead atoms. The third-order valence-electron chi connectivity index (χ3n) is 3.08. The average molecular weight is 346 g/mol. The molecule has 0 fully saturated rings. The zero-order valence-corrected chi connectivity index (χ0v) is 13.1. The minimum atomic E-state index is -0.787. The molecule has 2 aromatic carbocycles. The van der Waals surface area contributed by atoms with Crippen LogP contribution in [0, 0.1) is 27.2 Å². The normalized spacial score (nSPS) is 9.96. The zero-order valence-electron chi connectivity index (χ0n) is 13.1. The predicted octanol–water partition coefficient (Wildman–Crippen LogP) is 2.33. The van der Waals surface area contributed by atoms with Crippen molar-refractivity contribution < 1.29 is 19.4 Å². The minimum absolute atomic E-state index is 0.0838.